The van der Waals surface area contributed by atoms with Crippen molar-refractivity contribution in [1.82, 2.24) is 5.32 Å². The summed E-state index contributed by atoms with van der Waals surface area (Å²) in [5.74, 6) is 0.569. The van der Waals surface area contributed by atoms with E-state index in [1.165, 1.54) is 12.8 Å². The highest BCUT2D eigenvalue weighted by atomic mass is 32.1. The third-order valence-corrected chi connectivity index (χ3v) is 4.26. The van der Waals surface area contributed by atoms with Gasteiger partial charge in [-0.1, -0.05) is 0 Å². The van der Waals surface area contributed by atoms with E-state index >= 15 is 0 Å². The third-order valence-electron chi connectivity index (χ3n) is 3.40. The van der Waals surface area contributed by atoms with Crippen LogP contribution >= 0.6 is 11.3 Å². The zero-order valence-electron chi connectivity index (χ0n) is 9.75. The maximum Gasteiger partial charge on any atom is 0.252 e. The summed E-state index contributed by atoms with van der Waals surface area (Å²) in [5.41, 5.74) is 7.37. The first-order valence-electron chi connectivity index (χ1n) is 5.62. The number of amides is 1. The number of carbonyl (C=O) groups excluding carboxylic acids is 1. The molecular weight excluding hydrogens is 220 g/mol. The maximum absolute atomic E-state index is 12.1. The minimum atomic E-state index is -0.231. The molecule has 0 bridgehead atoms. The van der Waals surface area contributed by atoms with Crippen molar-refractivity contribution in [2.24, 2.45) is 11.7 Å². The highest BCUT2D eigenvalue weighted by Crippen LogP contribution is 2.39. The number of hydrogen-bond donors (Lipinski definition) is 2. The largest absolute Gasteiger partial charge is 0.345 e. The Balaban J connectivity index is 2.09. The molecule has 3 N–H and O–H groups in total. The van der Waals surface area contributed by atoms with Crippen LogP contribution in [0.4, 0.5) is 0 Å². The molecule has 0 aliphatic heterocycles. The van der Waals surface area contributed by atoms with Gasteiger partial charge in [0.15, 0.2) is 0 Å². The van der Waals surface area contributed by atoms with Gasteiger partial charge in [-0.05, 0) is 43.6 Å². The summed E-state index contributed by atoms with van der Waals surface area (Å²) in [4.78, 5) is 12.1. The molecule has 0 radical (unpaired) electrons. The highest BCUT2D eigenvalue weighted by Gasteiger charge is 2.41. The summed E-state index contributed by atoms with van der Waals surface area (Å²) < 4.78 is 0. The molecule has 3 nitrogen and oxygen atoms in total. The second kappa shape index (κ2) is 4.18. The summed E-state index contributed by atoms with van der Waals surface area (Å²) >= 11 is 1.56. The fourth-order valence-corrected chi connectivity index (χ4v) is 2.79. The van der Waals surface area contributed by atoms with Gasteiger partial charge in [-0.25, -0.2) is 0 Å². The van der Waals surface area contributed by atoms with Crippen molar-refractivity contribution in [2.75, 3.05) is 6.54 Å². The number of hydrogen-bond acceptors (Lipinski definition) is 3. The Bertz CT molecular complexity index is 397. The first-order chi connectivity index (χ1) is 7.57. The predicted octanol–water partition coefficient (Wildman–Crippen LogP) is 1.91. The lowest BCUT2D eigenvalue weighted by atomic mass is 9.95. The minimum Gasteiger partial charge on any atom is -0.345 e. The molecule has 1 saturated carbocycles. The van der Waals surface area contributed by atoms with Crippen LogP contribution in [0, 0.1) is 12.8 Å². The fraction of sp³-hybridized carbons (Fsp3) is 0.583. The van der Waals surface area contributed by atoms with Crippen molar-refractivity contribution in [2.45, 2.75) is 32.2 Å². The first kappa shape index (κ1) is 11.6. The van der Waals surface area contributed by atoms with Crippen molar-refractivity contribution < 1.29 is 4.79 Å². The maximum atomic E-state index is 12.1. The van der Waals surface area contributed by atoms with Gasteiger partial charge in [-0.2, -0.15) is 11.3 Å². The van der Waals surface area contributed by atoms with Crippen LogP contribution in [0.15, 0.2) is 10.8 Å². The number of nitrogens with two attached hydrogens (primary N) is 1. The van der Waals surface area contributed by atoms with Gasteiger partial charge in [0.25, 0.3) is 5.91 Å². The van der Waals surface area contributed by atoms with Crippen LogP contribution in [0.1, 0.15) is 35.7 Å². The molecule has 1 unspecified atom stereocenters. The molecule has 0 aromatic carbocycles. The summed E-state index contributed by atoms with van der Waals surface area (Å²) in [5, 5.41) is 6.98. The van der Waals surface area contributed by atoms with Crippen molar-refractivity contribution >= 4 is 17.2 Å². The molecule has 2 rings (SSSR count). The Morgan fingerprint density at radius 3 is 2.75 bits per heavy atom. The molecule has 88 valence electrons. The number of rotatable bonds is 4. The lowest BCUT2D eigenvalue weighted by Gasteiger charge is -2.29. The highest BCUT2D eigenvalue weighted by molar-refractivity contribution is 7.08. The van der Waals surface area contributed by atoms with Crippen molar-refractivity contribution in [3.8, 4) is 0 Å². The Labute approximate surface area is 100 Å². The standard InChI is InChI=1S/C12H18N2OS/c1-8-5-16-6-10(8)11(15)14-12(2,7-13)9-3-4-9/h5-6,9H,3-4,7,13H2,1-2H3,(H,14,15). The fourth-order valence-electron chi connectivity index (χ4n) is 1.96. The molecule has 16 heavy (non-hydrogen) atoms. The van der Waals surface area contributed by atoms with Crippen LogP contribution in [0.25, 0.3) is 0 Å². The normalized spacial score (nSPS) is 19.2. The zero-order valence-corrected chi connectivity index (χ0v) is 10.6. The molecular formula is C12H18N2OS. The second-order valence-corrected chi connectivity index (χ2v) is 5.56. The van der Waals surface area contributed by atoms with E-state index in [0.717, 1.165) is 11.1 Å². The van der Waals surface area contributed by atoms with E-state index in [-0.39, 0.29) is 11.4 Å². The van der Waals surface area contributed by atoms with Crippen molar-refractivity contribution in [3.05, 3.63) is 21.9 Å². The smallest absolute Gasteiger partial charge is 0.252 e. The molecule has 4 heteroatoms. The molecule has 0 saturated heterocycles. The minimum absolute atomic E-state index is 0.0126. The molecule has 1 fully saturated rings. The topological polar surface area (TPSA) is 55.1 Å². The van der Waals surface area contributed by atoms with Gasteiger partial charge in [0.05, 0.1) is 11.1 Å². The van der Waals surface area contributed by atoms with E-state index in [1.54, 1.807) is 11.3 Å². The average Bonchev–Trinajstić information content (AvgIpc) is 3.02. The number of aryl methyl sites for hydroxylation is 1. The quantitative estimate of drug-likeness (QED) is 0.842. The summed E-state index contributed by atoms with van der Waals surface area (Å²) in [6.07, 6.45) is 2.35. The third kappa shape index (κ3) is 2.13. The van der Waals surface area contributed by atoms with Gasteiger partial charge in [0.2, 0.25) is 0 Å². The van der Waals surface area contributed by atoms with Gasteiger partial charge in [-0.3, -0.25) is 4.79 Å². The monoisotopic (exact) mass is 238 g/mol. The lowest BCUT2D eigenvalue weighted by molar-refractivity contribution is 0.0897. The molecule has 1 heterocycles. The van der Waals surface area contributed by atoms with E-state index < -0.39 is 0 Å². The number of thiophene rings is 1. The van der Waals surface area contributed by atoms with Crippen LogP contribution in [-0.2, 0) is 0 Å². The Morgan fingerprint density at radius 2 is 2.31 bits per heavy atom. The molecule has 1 aliphatic carbocycles. The van der Waals surface area contributed by atoms with Crippen LogP contribution in [-0.4, -0.2) is 18.0 Å². The second-order valence-electron chi connectivity index (χ2n) is 4.82. The van der Waals surface area contributed by atoms with E-state index in [1.807, 2.05) is 24.6 Å². The van der Waals surface area contributed by atoms with Crippen LogP contribution in [0.2, 0.25) is 0 Å². The zero-order chi connectivity index (χ0) is 11.8. The summed E-state index contributed by atoms with van der Waals surface area (Å²) in [6.45, 7) is 4.51. The Kier molecular flexibility index (Phi) is 3.04. The van der Waals surface area contributed by atoms with Crippen LogP contribution in [0.5, 0.6) is 0 Å². The SMILES string of the molecule is Cc1cscc1C(=O)NC(C)(CN)C1CC1. The predicted molar refractivity (Wildman–Crippen MR) is 66.7 cm³/mol. The number of carbonyl (C=O) groups is 1. The molecule has 1 aliphatic rings. The van der Waals surface area contributed by atoms with E-state index in [0.29, 0.717) is 12.5 Å². The van der Waals surface area contributed by atoms with Gasteiger partial charge in [-0.15, -0.1) is 0 Å². The summed E-state index contributed by atoms with van der Waals surface area (Å²) in [7, 11) is 0. The van der Waals surface area contributed by atoms with E-state index in [4.69, 9.17) is 5.73 Å². The molecule has 0 spiro atoms. The average molecular weight is 238 g/mol. The Hall–Kier alpha value is -0.870. The van der Waals surface area contributed by atoms with Gasteiger partial charge < -0.3 is 11.1 Å². The Morgan fingerprint density at radius 1 is 1.62 bits per heavy atom. The molecule has 1 aromatic rings. The van der Waals surface area contributed by atoms with E-state index in [2.05, 4.69) is 5.32 Å². The van der Waals surface area contributed by atoms with Crippen molar-refractivity contribution in [3.63, 3.8) is 0 Å². The first-order valence-corrected chi connectivity index (χ1v) is 6.56. The molecule has 1 atom stereocenters. The molecule has 1 amide bonds. The van der Waals surface area contributed by atoms with Gasteiger partial charge in [0.1, 0.15) is 0 Å². The molecule has 1 aromatic heterocycles. The van der Waals surface area contributed by atoms with Gasteiger partial charge >= 0.3 is 0 Å². The summed E-state index contributed by atoms with van der Waals surface area (Å²) in [6, 6.07) is 0. The number of nitrogens with one attached hydrogen (secondary N) is 1. The lowest BCUT2D eigenvalue weighted by Crippen LogP contribution is -2.53. The van der Waals surface area contributed by atoms with Crippen LogP contribution < -0.4 is 11.1 Å². The van der Waals surface area contributed by atoms with E-state index in [9.17, 15) is 4.79 Å². The van der Waals surface area contributed by atoms with Crippen LogP contribution in [0.3, 0.4) is 0 Å². The van der Waals surface area contributed by atoms with Gasteiger partial charge in [0, 0.05) is 11.9 Å². The van der Waals surface area contributed by atoms with Crippen molar-refractivity contribution in [1.29, 1.82) is 0 Å².